The normalized spacial score (nSPS) is 10.9. The molecule has 8 nitrogen and oxygen atoms in total. The maximum absolute atomic E-state index is 11.1. The van der Waals surface area contributed by atoms with Crippen LogP contribution in [-0.2, 0) is 0 Å². The number of H-pyrrole nitrogens is 1. The summed E-state index contributed by atoms with van der Waals surface area (Å²) in [7, 11) is 3.19. The van der Waals surface area contributed by atoms with Crippen LogP contribution in [0.2, 0.25) is 0 Å². The molecule has 0 radical (unpaired) electrons. The summed E-state index contributed by atoms with van der Waals surface area (Å²) in [4.78, 5) is 10.7. The molecule has 0 unspecified atom stereocenters. The summed E-state index contributed by atoms with van der Waals surface area (Å²) in [6.45, 7) is 1.99. The van der Waals surface area contributed by atoms with Crippen LogP contribution in [0.3, 0.4) is 0 Å². The van der Waals surface area contributed by atoms with Crippen molar-refractivity contribution in [3.05, 3.63) is 70.5 Å². The molecule has 0 bridgehead atoms. The lowest BCUT2D eigenvalue weighted by molar-refractivity contribution is -0.593. The van der Waals surface area contributed by atoms with Crippen molar-refractivity contribution in [1.29, 1.82) is 0 Å². The number of pyridine rings is 1. The highest BCUT2D eigenvalue weighted by atomic mass is 16.6. The molecular formula is C21H19N4O4+. The summed E-state index contributed by atoms with van der Waals surface area (Å²) < 4.78 is 13.0. The van der Waals surface area contributed by atoms with E-state index < -0.39 is 4.92 Å². The van der Waals surface area contributed by atoms with E-state index in [0.717, 1.165) is 33.5 Å². The van der Waals surface area contributed by atoms with E-state index in [-0.39, 0.29) is 5.69 Å². The summed E-state index contributed by atoms with van der Waals surface area (Å²) >= 11 is 0. The molecule has 0 amide bonds. The van der Waals surface area contributed by atoms with E-state index in [4.69, 9.17) is 9.47 Å². The van der Waals surface area contributed by atoms with Gasteiger partial charge in [0.25, 0.3) is 5.69 Å². The van der Waals surface area contributed by atoms with Gasteiger partial charge in [-0.05, 0) is 42.6 Å². The molecule has 0 aliphatic rings. The zero-order valence-corrected chi connectivity index (χ0v) is 16.2. The number of aromatic nitrogens is 3. The van der Waals surface area contributed by atoms with Gasteiger partial charge < -0.3 is 9.47 Å². The number of rotatable bonds is 5. The van der Waals surface area contributed by atoms with Crippen LogP contribution in [0.15, 0.2) is 54.7 Å². The number of nitro groups is 1. The Morgan fingerprint density at radius 1 is 1.03 bits per heavy atom. The van der Waals surface area contributed by atoms with Gasteiger partial charge in [-0.15, -0.1) is 5.10 Å². The second-order valence-electron chi connectivity index (χ2n) is 6.51. The maximum atomic E-state index is 11.1. The second-order valence-corrected chi connectivity index (χ2v) is 6.51. The lowest BCUT2D eigenvalue weighted by Gasteiger charge is -2.15. The molecule has 0 aliphatic heterocycles. The summed E-state index contributed by atoms with van der Waals surface area (Å²) in [5.41, 5.74) is 2.69. The minimum Gasteiger partial charge on any atom is -0.493 e. The Hall–Kier alpha value is -3.94. The van der Waals surface area contributed by atoms with Crippen molar-refractivity contribution in [2.45, 2.75) is 6.92 Å². The number of nitrogens with zero attached hydrogens (tertiary/aromatic N) is 3. The molecule has 29 heavy (non-hydrogen) atoms. The fourth-order valence-corrected chi connectivity index (χ4v) is 3.51. The van der Waals surface area contributed by atoms with E-state index in [1.54, 1.807) is 32.5 Å². The van der Waals surface area contributed by atoms with Gasteiger partial charge in [0.05, 0.1) is 31.4 Å². The standard InChI is InChI=1S/C21H19N4O4/c1-13-10-15-11-18(28-2)19(29-3)12-17(15)21(24(13)20-8-9-22-23-20)14-4-6-16(7-5-14)25(26)27/h4-12H,1-3H3,(H,22,23)/q+1. The van der Waals surface area contributed by atoms with E-state index in [1.807, 2.05) is 35.8 Å². The predicted octanol–water partition coefficient (Wildman–Crippen LogP) is 3.74. The molecule has 0 spiro atoms. The molecule has 0 aliphatic carbocycles. The topological polar surface area (TPSA) is 94.2 Å². The number of aromatic amines is 1. The number of nitrogens with one attached hydrogen (secondary N) is 1. The first-order valence-corrected chi connectivity index (χ1v) is 8.89. The Bertz CT molecular complexity index is 1200. The summed E-state index contributed by atoms with van der Waals surface area (Å²) in [5.74, 6) is 2.02. The average Bonchev–Trinajstić information content (AvgIpc) is 3.26. The van der Waals surface area contributed by atoms with Crippen molar-refractivity contribution >= 4 is 16.5 Å². The fourth-order valence-electron chi connectivity index (χ4n) is 3.51. The first-order chi connectivity index (χ1) is 14.0. The van der Waals surface area contributed by atoms with Crippen molar-refractivity contribution < 1.29 is 19.0 Å². The molecule has 0 saturated carbocycles. The Kier molecular flexibility index (Phi) is 4.59. The number of ether oxygens (including phenoxy) is 2. The second kappa shape index (κ2) is 7.23. The van der Waals surface area contributed by atoms with Gasteiger partial charge in [0.15, 0.2) is 11.5 Å². The van der Waals surface area contributed by atoms with E-state index in [1.165, 1.54) is 12.1 Å². The monoisotopic (exact) mass is 391 g/mol. The molecule has 1 N–H and O–H groups in total. The molecule has 2 heterocycles. The molecule has 0 fully saturated rings. The van der Waals surface area contributed by atoms with Crippen molar-refractivity contribution in [3.8, 4) is 28.6 Å². The summed E-state index contributed by atoms with van der Waals surface area (Å²) in [6, 6.07) is 14.3. The number of methoxy groups -OCH3 is 2. The van der Waals surface area contributed by atoms with Crippen LogP contribution in [0.1, 0.15) is 5.69 Å². The Labute approximate surface area is 166 Å². The minimum absolute atomic E-state index is 0.0399. The number of hydrogen-bond acceptors (Lipinski definition) is 5. The van der Waals surface area contributed by atoms with Crippen LogP contribution >= 0.6 is 0 Å². The van der Waals surface area contributed by atoms with Gasteiger partial charge in [0, 0.05) is 23.1 Å². The zero-order valence-electron chi connectivity index (χ0n) is 16.2. The molecule has 8 heteroatoms. The fraction of sp³-hybridized carbons (Fsp3) is 0.143. The SMILES string of the molecule is COc1cc2cc(C)[n+](-c3ccn[nH]3)c(-c3ccc([N+](=O)[O-])cc3)c2cc1OC. The lowest BCUT2D eigenvalue weighted by atomic mass is 10.0. The van der Waals surface area contributed by atoms with Crippen LogP contribution in [0, 0.1) is 17.0 Å². The minimum atomic E-state index is -0.408. The molecular weight excluding hydrogens is 372 g/mol. The van der Waals surface area contributed by atoms with Crippen LogP contribution < -0.4 is 14.0 Å². The number of fused-ring (bicyclic) bond motifs is 1. The summed E-state index contributed by atoms with van der Waals surface area (Å²) in [5, 5.41) is 20.0. The highest BCUT2D eigenvalue weighted by Gasteiger charge is 2.23. The van der Waals surface area contributed by atoms with Crippen molar-refractivity contribution in [1.82, 2.24) is 10.2 Å². The molecule has 146 valence electrons. The third-order valence-corrected chi connectivity index (χ3v) is 4.83. The zero-order chi connectivity index (χ0) is 20.5. The van der Waals surface area contributed by atoms with E-state index >= 15 is 0 Å². The van der Waals surface area contributed by atoms with Crippen molar-refractivity contribution in [3.63, 3.8) is 0 Å². The van der Waals surface area contributed by atoms with E-state index in [0.29, 0.717) is 11.5 Å². The Balaban J connectivity index is 2.09. The number of hydrogen-bond donors (Lipinski definition) is 1. The van der Waals surface area contributed by atoms with E-state index in [9.17, 15) is 10.1 Å². The quantitative estimate of drug-likeness (QED) is 0.318. The van der Waals surface area contributed by atoms with Gasteiger partial charge in [-0.25, -0.2) is 0 Å². The van der Waals surface area contributed by atoms with Gasteiger partial charge in [0.1, 0.15) is 11.4 Å². The Morgan fingerprint density at radius 2 is 1.72 bits per heavy atom. The molecule has 2 aromatic carbocycles. The molecule has 0 atom stereocenters. The lowest BCUT2D eigenvalue weighted by Crippen LogP contribution is -2.37. The first-order valence-electron chi connectivity index (χ1n) is 8.89. The number of aryl methyl sites for hydroxylation is 1. The highest BCUT2D eigenvalue weighted by molar-refractivity contribution is 5.95. The smallest absolute Gasteiger partial charge is 0.306 e. The van der Waals surface area contributed by atoms with Crippen LogP contribution in [-0.4, -0.2) is 29.3 Å². The van der Waals surface area contributed by atoms with Crippen LogP contribution in [0.25, 0.3) is 27.8 Å². The number of non-ortho nitro benzene ring substituents is 1. The van der Waals surface area contributed by atoms with Crippen molar-refractivity contribution in [2.75, 3.05) is 14.2 Å². The largest absolute Gasteiger partial charge is 0.493 e. The first kappa shape index (κ1) is 18.4. The van der Waals surface area contributed by atoms with E-state index in [2.05, 4.69) is 10.2 Å². The molecule has 4 rings (SSSR count). The maximum Gasteiger partial charge on any atom is 0.306 e. The van der Waals surface area contributed by atoms with Gasteiger partial charge in [0.2, 0.25) is 0 Å². The van der Waals surface area contributed by atoms with Gasteiger partial charge >= 0.3 is 5.82 Å². The average molecular weight is 391 g/mol. The van der Waals surface area contributed by atoms with Gasteiger partial charge in [-0.3, -0.25) is 10.1 Å². The van der Waals surface area contributed by atoms with Crippen molar-refractivity contribution in [2.24, 2.45) is 0 Å². The Morgan fingerprint density at radius 3 is 2.31 bits per heavy atom. The molecule has 0 saturated heterocycles. The van der Waals surface area contributed by atoms with Gasteiger partial charge in [-0.2, -0.15) is 4.57 Å². The van der Waals surface area contributed by atoms with Crippen LogP contribution in [0.5, 0.6) is 11.5 Å². The number of nitro benzene ring substituents is 1. The predicted molar refractivity (Wildman–Crippen MR) is 108 cm³/mol. The molecule has 2 aromatic heterocycles. The third-order valence-electron chi connectivity index (χ3n) is 4.83. The highest BCUT2D eigenvalue weighted by Crippen LogP contribution is 2.36. The molecule has 4 aromatic rings. The number of benzene rings is 2. The van der Waals surface area contributed by atoms with Gasteiger partial charge in [-0.1, -0.05) is 5.10 Å². The third kappa shape index (κ3) is 3.14. The summed E-state index contributed by atoms with van der Waals surface area (Å²) in [6.07, 6.45) is 1.68. The van der Waals surface area contributed by atoms with Crippen LogP contribution in [0.4, 0.5) is 5.69 Å².